The lowest BCUT2D eigenvalue weighted by Gasteiger charge is -2.18. The zero-order chi connectivity index (χ0) is 11.9. The largest absolute Gasteiger partial charge is 0.397 e. The van der Waals surface area contributed by atoms with Crippen molar-refractivity contribution in [3.8, 4) is 0 Å². The second-order valence-corrected chi connectivity index (χ2v) is 5.40. The number of benzene rings is 1. The molecule has 1 fully saturated rings. The van der Waals surface area contributed by atoms with Gasteiger partial charge < -0.3 is 15.7 Å². The maximum Gasteiger partial charge on any atom is 0.229 e. The lowest BCUT2D eigenvalue weighted by molar-refractivity contribution is -0.117. The van der Waals surface area contributed by atoms with Gasteiger partial charge in [0.2, 0.25) is 5.91 Å². The van der Waals surface area contributed by atoms with Crippen molar-refractivity contribution in [1.29, 1.82) is 0 Å². The highest BCUT2D eigenvalue weighted by molar-refractivity contribution is 9.13. The molecule has 1 saturated heterocycles. The van der Waals surface area contributed by atoms with Crippen LogP contribution in [0.4, 0.5) is 11.4 Å². The van der Waals surface area contributed by atoms with E-state index in [-0.39, 0.29) is 12.3 Å². The number of aliphatic hydroxyl groups is 1. The van der Waals surface area contributed by atoms with Crippen LogP contribution in [0.25, 0.3) is 0 Å². The van der Waals surface area contributed by atoms with Gasteiger partial charge >= 0.3 is 0 Å². The van der Waals surface area contributed by atoms with E-state index in [4.69, 9.17) is 5.73 Å². The number of aliphatic hydroxyl groups excluding tert-OH is 1. The van der Waals surface area contributed by atoms with Crippen LogP contribution >= 0.6 is 31.9 Å². The number of hydrogen-bond donors (Lipinski definition) is 2. The predicted octanol–water partition coefficient (Wildman–Crippen LogP) is 1.89. The van der Waals surface area contributed by atoms with E-state index >= 15 is 0 Å². The normalized spacial score (nSPS) is 20.6. The molecule has 0 spiro atoms. The molecule has 16 heavy (non-hydrogen) atoms. The van der Waals surface area contributed by atoms with E-state index in [2.05, 4.69) is 31.9 Å². The molecule has 6 heteroatoms. The third-order valence-corrected chi connectivity index (χ3v) is 4.31. The van der Waals surface area contributed by atoms with Crippen molar-refractivity contribution in [1.82, 2.24) is 0 Å². The van der Waals surface area contributed by atoms with Gasteiger partial charge in [-0.1, -0.05) is 0 Å². The molecule has 0 aliphatic carbocycles. The van der Waals surface area contributed by atoms with Gasteiger partial charge in [0.1, 0.15) is 0 Å². The van der Waals surface area contributed by atoms with Gasteiger partial charge in [-0.2, -0.15) is 0 Å². The molecule has 0 saturated carbocycles. The van der Waals surface area contributed by atoms with Crippen LogP contribution in [0.15, 0.2) is 21.1 Å². The highest BCUT2D eigenvalue weighted by Gasteiger charge is 2.30. The Balaban J connectivity index is 2.41. The van der Waals surface area contributed by atoms with E-state index in [9.17, 15) is 9.90 Å². The average Bonchev–Trinajstić information content (AvgIpc) is 2.51. The number of nitrogens with zero attached hydrogens (tertiary/aromatic N) is 1. The molecule has 1 aromatic carbocycles. The van der Waals surface area contributed by atoms with Crippen LogP contribution in [0.3, 0.4) is 0 Å². The van der Waals surface area contributed by atoms with Crippen molar-refractivity contribution in [3.63, 3.8) is 0 Å². The summed E-state index contributed by atoms with van der Waals surface area (Å²) >= 11 is 6.70. The Morgan fingerprint density at radius 2 is 2.00 bits per heavy atom. The topological polar surface area (TPSA) is 66.6 Å². The number of hydrogen-bond acceptors (Lipinski definition) is 3. The second kappa shape index (κ2) is 4.35. The fraction of sp³-hybridized carbons (Fsp3) is 0.300. The van der Waals surface area contributed by atoms with Crippen molar-refractivity contribution in [2.24, 2.45) is 0 Å². The van der Waals surface area contributed by atoms with E-state index in [0.717, 1.165) is 8.95 Å². The van der Waals surface area contributed by atoms with E-state index in [1.54, 1.807) is 12.1 Å². The number of carbonyl (C=O) groups is 1. The Labute approximate surface area is 110 Å². The summed E-state index contributed by atoms with van der Waals surface area (Å²) in [5, 5.41) is 9.42. The molecule has 1 unspecified atom stereocenters. The van der Waals surface area contributed by atoms with Crippen molar-refractivity contribution < 1.29 is 9.90 Å². The van der Waals surface area contributed by atoms with Crippen molar-refractivity contribution in [2.75, 3.05) is 17.2 Å². The van der Waals surface area contributed by atoms with Gasteiger partial charge in [-0.3, -0.25) is 4.79 Å². The van der Waals surface area contributed by atoms with Crippen LogP contribution in [0.5, 0.6) is 0 Å². The van der Waals surface area contributed by atoms with Gasteiger partial charge in [0.25, 0.3) is 0 Å². The molecule has 1 heterocycles. The zero-order valence-electron chi connectivity index (χ0n) is 8.28. The number of β-amino-alcohol motifs (C(OH)–C–C–N with tert-alkyl or cyclic N) is 1. The minimum atomic E-state index is -0.602. The standard InChI is InChI=1S/C10H10Br2N2O2/c11-6-2-8(13)9(3-7(6)12)14-4-5(15)1-10(14)16/h2-3,5,15H,1,4,13H2. The number of halogens is 2. The molecule has 0 bridgehead atoms. The fourth-order valence-corrected chi connectivity index (χ4v) is 2.40. The quantitative estimate of drug-likeness (QED) is 0.761. The summed E-state index contributed by atoms with van der Waals surface area (Å²) in [7, 11) is 0. The first-order chi connectivity index (χ1) is 7.49. The first-order valence-corrected chi connectivity index (χ1v) is 6.30. The van der Waals surface area contributed by atoms with Gasteiger partial charge in [0.15, 0.2) is 0 Å². The predicted molar refractivity (Wildman–Crippen MR) is 69.2 cm³/mol. The molecule has 1 aliphatic heterocycles. The minimum absolute atomic E-state index is 0.103. The van der Waals surface area contributed by atoms with E-state index < -0.39 is 6.10 Å². The molecule has 3 N–H and O–H groups in total. The van der Waals surface area contributed by atoms with Gasteiger partial charge in [-0.05, 0) is 44.0 Å². The van der Waals surface area contributed by atoms with Crippen molar-refractivity contribution >= 4 is 49.1 Å². The first kappa shape index (κ1) is 11.9. The average molecular weight is 350 g/mol. The minimum Gasteiger partial charge on any atom is -0.397 e. The number of carbonyl (C=O) groups excluding carboxylic acids is 1. The van der Waals surface area contributed by atoms with E-state index in [0.29, 0.717) is 17.9 Å². The van der Waals surface area contributed by atoms with Crippen LogP contribution in [0.1, 0.15) is 6.42 Å². The molecule has 0 aromatic heterocycles. The summed E-state index contributed by atoms with van der Waals surface area (Å²) in [5.74, 6) is -0.103. The number of nitrogen functional groups attached to an aromatic ring is 1. The first-order valence-electron chi connectivity index (χ1n) is 4.72. The molecule has 2 rings (SSSR count). The molecule has 1 atom stereocenters. The van der Waals surface area contributed by atoms with Gasteiger partial charge in [-0.15, -0.1) is 0 Å². The summed E-state index contributed by atoms with van der Waals surface area (Å²) in [6.45, 7) is 0.303. The van der Waals surface area contributed by atoms with Crippen LogP contribution in [0.2, 0.25) is 0 Å². The molecular weight excluding hydrogens is 340 g/mol. The monoisotopic (exact) mass is 348 g/mol. The maximum absolute atomic E-state index is 11.6. The Hall–Kier alpha value is -0.590. The SMILES string of the molecule is Nc1cc(Br)c(Br)cc1N1CC(O)CC1=O. The van der Waals surface area contributed by atoms with E-state index in [1.165, 1.54) is 4.90 Å². The van der Waals surface area contributed by atoms with Crippen LogP contribution < -0.4 is 10.6 Å². The molecule has 4 nitrogen and oxygen atoms in total. The van der Waals surface area contributed by atoms with Crippen LogP contribution in [-0.2, 0) is 4.79 Å². The molecule has 1 aliphatic rings. The highest BCUT2D eigenvalue weighted by Crippen LogP contribution is 2.35. The Morgan fingerprint density at radius 3 is 2.56 bits per heavy atom. The Kier molecular flexibility index (Phi) is 3.23. The third kappa shape index (κ3) is 2.09. The summed E-state index contributed by atoms with van der Waals surface area (Å²) in [5.41, 5.74) is 7.00. The maximum atomic E-state index is 11.6. The summed E-state index contributed by atoms with van der Waals surface area (Å²) in [4.78, 5) is 13.1. The number of rotatable bonds is 1. The number of amides is 1. The van der Waals surface area contributed by atoms with Crippen molar-refractivity contribution in [3.05, 3.63) is 21.1 Å². The molecule has 1 amide bonds. The summed E-state index contributed by atoms with van der Waals surface area (Å²) in [6.07, 6.45) is -0.443. The van der Waals surface area contributed by atoms with Crippen molar-refractivity contribution in [2.45, 2.75) is 12.5 Å². The number of nitrogens with two attached hydrogens (primary N) is 1. The Morgan fingerprint density at radius 1 is 1.38 bits per heavy atom. The van der Waals surface area contributed by atoms with Crippen LogP contribution in [-0.4, -0.2) is 23.7 Å². The molecule has 1 aromatic rings. The lowest BCUT2D eigenvalue weighted by Crippen LogP contribution is -2.26. The number of anilines is 2. The Bertz CT molecular complexity index is 451. The smallest absolute Gasteiger partial charge is 0.229 e. The highest BCUT2D eigenvalue weighted by atomic mass is 79.9. The fourth-order valence-electron chi connectivity index (χ4n) is 1.71. The third-order valence-electron chi connectivity index (χ3n) is 2.47. The zero-order valence-corrected chi connectivity index (χ0v) is 11.5. The summed E-state index contributed by atoms with van der Waals surface area (Å²) in [6, 6.07) is 3.51. The summed E-state index contributed by atoms with van der Waals surface area (Å²) < 4.78 is 1.66. The van der Waals surface area contributed by atoms with Gasteiger partial charge in [0, 0.05) is 8.95 Å². The molecule has 86 valence electrons. The van der Waals surface area contributed by atoms with Gasteiger partial charge in [0.05, 0.1) is 30.4 Å². The van der Waals surface area contributed by atoms with E-state index in [1.807, 2.05) is 0 Å². The molecular formula is C10H10Br2N2O2. The molecule has 0 radical (unpaired) electrons. The van der Waals surface area contributed by atoms with Gasteiger partial charge in [-0.25, -0.2) is 0 Å². The second-order valence-electron chi connectivity index (χ2n) is 3.69. The van der Waals surface area contributed by atoms with Crippen LogP contribution in [0, 0.1) is 0 Å². The lowest BCUT2D eigenvalue weighted by atomic mass is 10.2.